The van der Waals surface area contributed by atoms with Crippen molar-refractivity contribution < 1.29 is 0 Å². The zero-order chi connectivity index (χ0) is 11.8. The SMILES string of the molecule is Cc1cc(=O)n2[nH]c(-c3ccccc3)nc2n1. The van der Waals surface area contributed by atoms with Gasteiger partial charge in [-0.2, -0.15) is 9.50 Å². The predicted octanol–water partition coefficient (Wildman–Crippen LogP) is 1.39. The summed E-state index contributed by atoms with van der Waals surface area (Å²) in [6.45, 7) is 1.78. The Bertz CT molecular complexity index is 727. The van der Waals surface area contributed by atoms with Crippen molar-refractivity contribution in [1.29, 1.82) is 0 Å². The average Bonchev–Trinajstić information content (AvgIpc) is 2.74. The monoisotopic (exact) mass is 226 g/mol. The molecule has 0 aliphatic rings. The maximum Gasteiger partial charge on any atom is 0.274 e. The van der Waals surface area contributed by atoms with Crippen LogP contribution >= 0.6 is 0 Å². The van der Waals surface area contributed by atoms with E-state index in [-0.39, 0.29) is 5.56 Å². The number of hydrogen-bond acceptors (Lipinski definition) is 3. The van der Waals surface area contributed by atoms with Gasteiger partial charge >= 0.3 is 0 Å². The van der Waals surface area contributed by atoms with Crippen LogP contribution in [0, 0.1) is 6.92 Å². The zero-order valence-corrected chi connectivity index (χ0v) is 9.21. The standard InChI is InChI=1S/C12H10N4O/c1-8-7-10(17)16-12(13-8)14-11(15-16)9-5-3-2-4-6-9/h2-7H,1H3,(H,13,14,15). The van der Waals surface area contributed by atoms with Crippen LogP contribution in [0.25, 0.3) is 17.2 Å². The smallest absolute Gasteiger partial charge is 0.271 e. The van der Waals surface area contributed by atoms with E-state index in [0.717, 1.165) is 5.56 Å². The topological polar surface area (TPSA) is 63.0 Å². The van der Waals surface area contributed by atoms with Crippen LogP contribution in [0.1, 0.15) is 5.69 Å². The van der Waals surface area contributed by atoms with E-state index in [1.54, 1.807) is 6.92 Å². The molecule has 0 aliphatic heterocycles. The molecule has 5 nitrogen and oxygen atoms in total. The Kier molecular flexibility index (Phi) is 2.04. The quantitative estimate of drug-likeness (QED) is 0.682. The minimum atomic E-state index is -0.151. The Hall–Kier alpha value is -2.43. The van der Waals surface area contributed by atoms with Crippen LogP contribution in [0.5, 0.6) is 0 Å². The lowest BCUT2D eigenvalue weighted by Crippen LogP contribution is -2.14. The molecule has 3 aromatic rings. The third-order valence-electron chi connectivity index (χ3n) is 2.51. The van der Waals surface area contributed by atoms with Gasteiger partial charge in [0.1, 0.15) is 0 Å². The third kappa shape index (κ3) is 1.61. The van der Waals surface area contributed by atoms with Gasteiger partial charge < -0.3 is 0 Å². The van der Waals surface area contributed by atoms with Crippen molar-refractivity contribution in [3.63, 3.8) is 0 Å². The van der Waals surface area contributed by atoms with Crippen LogP contribution in [0.3, 0.4) is 0 Å². The first kappa shape index (κ1) is 9.77. The summed E-state index contributed by atoms with van der Waals surface area (Å²) in [7, 11) is 0. The summed E-state index contributed by atoms with van der Waals surface area (Å²) in [5.74, 6) is 1.04. The highest BCUT2D eigenvalue weighted by atomic mass is 16.1. The van der Waals surface area contributed by atoms with Crippen molar-refractivity contribution in [2.45, 2.75) is 6.92 Å². The van der Waals surface area contributed by atoms with E-state index < -0.39 is 0 Å². The van der Waals surface area contributed by atoms with Gasteiger partial charge in [-0.3, -0.25) is 9.89 Å². The van der Waals surface area contributed by atoms with Crippen LogP contribution in [-0.2, 0) is 0 Å². The molecule has 84 valence electrons. The van der Waals surface area contributed by atoms with Crippen LogP contribution < -0.4 is 5.56 Å². The number of rotatable bonds is 1. The number of nitrogens with one attached hydrogen (secondary N) is 1. The molecule has 0 unspecified atom stereocenters. The molecule has 3 rings (SSSR count). The van der Waals surface area contributed by atoms with Gasteiger partial charge in [0, 0.05) is 17.3 Å². The first-order valence-corrected chi connectivity index (χ1v) is 5.26. The molecule has 0 fully saturated rings. The molecule has 0 spiro atoms. The van der Waals surface area contributed by atoms with Crippen LogP contribution in [0.15, 0.2) is 41.2 Å². The number of nitrogens with zero attached hydrogens (tertiary/aromatic N) is 3. The summed E-state index contributed by atoms with van der Waals surface area (Å²) < 4.78 is 1.34. The fourth-order valence-electron chi connectivity index (χ4n) is 1.72. The second-order valence-electron chi connectivity index (χ2n) is 3.81. The highest BCUT2D eigenvalue weighted by molar-refractivity contribution is 5.56. The van der Waals surface area contributed by atoms with E-state index >= 15 is 0 Å². The highest BCUT2D eigenvalue weighted by Gasteiger charge is 2.07. The maximum atomic E-state index is 11.7. The highest BCUT2D eigenvalue weighted by Crippen LogP contribution is 2.13. The van der Waals surface area contributed by atoms with Crippen molar-refractivity contribution in [3.8, 4) is 11.4 Å². The molecule has 2 heterocycles. The molecule has 17 heavy (non-hydrogen) atoms. The molecular formula is C12H10N4O. The van der Waals surface area contributed by atoms with Gasteiger partial charge in [0.2, 0.25) is 0 Å². The Morgan fingerprint density at radius 1 is 1.18 bits per heavy atom. The second-order valence-corrected chi connectivity index (χ2v) is 3.81. The summed E-state index contributed by atoms with van der Waals surface area (Å²) in [5.41, 5.74) is 1.44. The van der Waals surface area contributed by atoms with Crippen molar-refractivity contribution in [1.82, 2.24) is 19.6 Å². The molecule has 2 aromatic heterocycles. The number of H-pyrrole nitrogens is 1. The van der Waals surface area contributed by atoms with E-state index in [9.17, 15) is 4.79 Å². The lowest BCUT2D eigenvalue weighted by atomic mass is 10.2. The van der Waals surface area contributed by atoms with E-state index in [0.29, 0.717) is 17.3 Å². The van der Waals surface area contributed by atoms with E-state index in [2.05, 4.69) is 15.1 Å². The lowest BCUT2D eigenvalue weighted by Gasteiger charge is -1.92. The number of hydrogen-bond donors (Lipinski definition) is 1. The summed E-state index contributed by atoms with van der Waals surface area (Å²) in [4.78, 5) is 20.2. The second kappa shape index (κ2) is 3.55. The molecular weight excluding hydrogens is 216 g/mol. The van der Waals surface area contributed by atoms with Gasteiger partial charge in [0.25, 0.3) is 11.3 Å². The first-order valence-electron chi connectivity index (χ1n) is 5.26. The van der Waals surface area contributed by atoms with Crippen molar-refractivity contribution in [2.24, 2.45) is 0 Å². The van der Waals surface area contributed by atoms with Crippen molar-refractivity contribution in [2.75, 3.05) is 0 Å². The first-order chi connectivity index (χ1) is 8.24. The summed E-state index contributed by atoms with van der Waals surface area (Å²) >= 11 is 0. The lowest BCUT2D eigenvalue weighted by molar-refractivity contribution is 0.892. The minimum Gasteiger partial charge on any atom is -0.271 e. The zero-order valence-electron chi connectivity index (χ0n) is 9.21. The van der Waals surface area contributed by atoms with Gasteiger partial charge in [-0.15, -0.1) is 0 Å². The number of aromatic nitrogens is 4. The Morgan fingerprint density at radius 3 is 2.71 bits per heavy atom. The maximum absolute atomic E-state index is 11.7. The molecule has 0 amide bonds. The van der Waals surface area contributed by atoms with E-state index in [4.69, 9.17) is 0 Å². The normalized spacial score (nSPS) is 10.9. The Balaban J connectivity index is 2.28. The Morgan fingerprint density at radius 2 is 1.94 bits per heavy atom. The van der Waals surface area contributed by atoms with Crippen LogP contribution in [0.2, 0.25) is 0 Å². The third-order valence-corrected chi connectivity index (χ3v) is 2.51. The summed E-state index contributed by atoms with van der Waals surface area (Å²) in [6.07, 6.45) is 0. The molecule has 0 atom stereocenters. The molecule has 0 radical (unpaired) electrons. The molecule has 0 saturated carbocycles. The number of fused-ring (bicyclic) bond motifs is 1. The van der Waals surface area contributed by atoms with Gasteiger partial charge in [-0.25, -0.2) is 4.98 Å². The molecule has 0 saturated heterocycles. The van der Waals surface area contributed by atoms with Crippen LogP contribution in [-0.4, -0.2) is 19.6 Å². The van der Waals surface area contributed by atoms with Gasteiger partial charge in [-0.1, -0.05) is 30.3 Å². The van der Waals surface area contributed by atoms with Gasteiger partial charge in [0.05, 0.1) is 0 Å². The van der Waals surface area contributed by atoms with E-state index in [1.807, 2.05) is 30.3 Å². The largest absolute Gasteiger partial charge is 0.274 e. The molecule has 0 bridgehead atoms. The fraction of sp³-hybridized carbons (Fsp3) is 0.0833. The van der Waals surface area contributed by atoms with Crippen molar-refractivity contribution >= 4 is 5.78 Å². The summed E-state index contributed by atoms with van der Waals surface area (Å²) in [6, 6.07) is 11.1. The van der Waals surface area contributed by atoms with Gasteiger partial charge in [0.15, 0.2) is 5.82 Å². The molecule has 0 aliphatic carbocycles. The Labute approximate surface area is 96.8 Å². The van der Waals surface area contributed by atoms with E-state index in [1.165, 1.54) is 10.6 Å². The number of benzene rings is 1. The molecule has 1 aromatic carbocycles. The predicted molar refractivity (Wildman–Crippen MR) is 63.8 cm³/mol. The number of aromatic amines is 1. The minimum absolute atomic E-state index is 0.151. The molecule has 1 N–H and O–H groups in total. The number of aryl methyl sites for hydroxylation is 1. The fourth-order valence-corrected chi connectivity index (χ4v) is 1.72. The molecule has 5 heteroatoms. The van der Waals surface area contributed by atoms with Crippen LogP contribution in [0.4, 0.5) is 0 Å². The van der Waals surface area contributed by atoms with Crippen molar-refractivity contribution in [3.05, 3.63) is 52.4 Å². The summed E-state index contributed by atoms with van der Waals surface area (Å²) in [5, 5.41) is 2.94. The van der Waals surface area contributed by atoms with Gasteiger partial charge in [-0.05, 0) is 6.92 Å². The average molecular weight is 226 g/mol.